The summed E-state index contributed by atoms with van der Waals surface area (Å²) < 4.78 is 5.22. The molecule has 2 fully saturated rings. The van der Waals surface area contributed by atoms with Crippen molar-refractivity contribution in [1.29, 1.82) is 0 Å². The minimum Gasteiger partial charge on any atom is -0.465 e. The minimum absolute atomic E-state index is 0.00301. The quantitative estimate of drug-likeness (QED) is 0.241. The maximum absolute atomic E-state index is 11.8. The molecule has 2 saturated heterocycles. The Bertz CT molecular complexity index is 921. The van der Waals surface area contributed by atoms with E-state index >= 15 is 0 Å². The molecule has 3 rings (SSSR count). The average Bonchev–Trinajstić information content (AvgIpc) is 2.80. The number of allylic oxidation sites excluding steroid dienone is 2. The van der Waals surface area contributed by atoms with Crippen LogP contribution in [0.3, 0.4) is 0 Å². The first kappa shape index (κ1) is 24.8. The first-order chi connectivity index (χ1) is 15.7. The van der Waals surface area contributed by atoms with Gasteiger partial charge in [-0.2, -0.15) is 0 Å². The molecule has 0 saturated carbocycles. The van der Waals surface area contributed by atoms with Gasteiger partial charge >= 0.3 is 5.97 Å². The van der Waals surface area contributed by atoms with Crippen molar-refractivity contribution in [1.82, 2.24) is 5.32 Å². The molecular weight excluding hydrogens is 410 g/mol. The smallest absolute Gasteiger partial charge is 0.306 e. The van der Waals surface area contributed by atoms with Crippen molar-refractivity contribution < 1.29 is 9.53 Å². The molecule has 33 heavy (non-hydrogen) atoms. The molecule has 5 nitrogen and oxygen atoms in total. The van der Waals surface area contributed by atoms with E-state index in [4.69, 9.17) is 9.73 Å². The van der Waals surface area contributed by atoms with Crippen LogP contribution >= 0.6 is 0 Å². The van der Waals surface area contributed by atoms with Crippen LogP contribution < -0.4 is 10.2 Å². The van der Waals surface area contributed by atoms with Gasteiger partial charge in [-0.25, -0.2) is 0 Å². The molecule has 2 unspecified atom stereocenters. The van der Waals surface area contributed by atoms with Gasteiger partial charge in [0.15, 0.2) is 0 Å². The second-order valence-corrected chi connectivity index (χ2v) is 10.0. The lowest BCUT2D eigenvalue weighted by atomic mass is 9.72. The van der Waals surface area contributed by atoms with E-state index in [1.807, 2.05) is 19.2 Å². The van der Waals surface area contributed by atoms with Crippen molar-refractivity contribution in [2.45, 2.75) is 59.4 Å². The van der Waals surface area contributed by atoms with Crippen LogP contribution in [0.25, 0.3) is 0 Å². The van der Waals surface area contributed by atoms with Gasteiger partial charge in [0, 0.05) is 36.3 Å². The Hall–Kier alpha value is -2.82. The van der Waals surface area contributed by atoms with E-state index in [0.29, 0.717) is 13.0 Å². The summed E-state index contributed by atoms with van der Waals surface area (Å²) in [7, 11) is 0. The van der Waals surface area contributed by atoms with Gasteiger partial charge in [-0.15, -0.1) is 0 Å². The number of aliphatic imine (C=N–C) groups is 1. The maximum Gasteiger partial charge on any atom is 0.306 e. The van der Waals surface area contributed by atoms with E-state index in [-0.39, 0.29) is 23.3 Å². The molecule has 0 amide bonds. The molecule has 2 aliphatic rings. The van der Waals surface area contributed by atoms with Crippen LogP contribution in [0, 0.1) is 11.3 Å². The van der Waals surface area contributed by atoms with Gasteiger partial charge in [0.1, 0.15) is 5.84 Å². The summed E-state index contributed by atoms with van der Waals surface area (Å²) in [5.74, 6) is 0.638. The molecule has 5 heteroatoms. The second kappa shape index (κ2) is 10.9. The van der Waals surface area contributed by atoms with Gasteiger partial charge in [0.05, 0.1) is 19.1 Å². The normalized spacial score (nSPS) is 22.1. The maximum atomic E-state index is 11.8. The number of carbonyl (C=O) groups is 1. The van der Waals surface area contributed by atoms with Gasteiger partial charge in [-0.3, -0.25) is 9.79 Å². The van der Waals surface area contributed by atoms with Gasteiger partial charge < -0.3 is 15.0 Å². The van der Waals surface area contributed by atoms with E-state index in [1.54, 1.807) is 0 Å². The molecule has 0 aliphatic carbocycles. The lowest BCUT2D eigenvalue weighted by Gasteiger charge is -2.37. The first-order valence-corrected chi connectivity index (χ1v) is 12.0. The largest absolute Gasteiger partial charge is 0.465 e. The summed E-state index contributed by atoms with van der Waals surface area (Å²) in [6, 6.07) is 8.78. The predicted octanol–water partition coefficient (Wildman–Crippen LogP) is 5.96. The third kappa shape index (κ3) is 6.59. The molecule has 1 N–H and O–H groups in total. The first-order valence-electron chi connectivity index (χ1n) is 12.0. The highest BCUT2D eigenvalue weighted by Crippen LogP contribution is 2.38. The fraction of sp³-hybridized carbons (Fsp3) is 0.500. The summed E-state index contributed by atoms with van der Waals surface area (Å²) in [6.45, 7) is 19.3. The molecule has 2 heterocycles. The Morgan fingerprint density at radius 2 is 1.88 bits per heavy atom. The number of carbonyl (C=O) groups excluding carboxylic acids is 1. The molecule has 2 atom stereocenters. The summed E-state index contributed by atoms with van der Waals surface area (Å²) in [4.78, 5) is 19.1. The Kier molecular flexibility index (Phi) is 8.17. The van der Waals surface area contributed by atoms with Crippen molar-refractivity contribution in [3.63, 3.8) is 0 Å². The van der Waals surface area contributed by atoms with Gasteiger partial charge in [-0.05, 0) is 68.0 Å². The second-order valence-electron chi connectivity index (χ2n) is 10.0. The molecule has 178 valence electrons. The number of cyclic esters (lactones) is 1. The Labute approximate surface area is 199 Å². The fourth-order valence-corrected chi connectivity index (χ4v) is 4.50. The predicted molar refractivity (Wildman–Crippen MR) is 137 cm³/mol. The molecule has 0 radical (unpaired) electrons. The zero-order valence-corrected chi connectivity index (χ0v) is 20.7. The molecular formula is C28H39N3O2. The van der Waals surface area contributed by atoms with Gasteiger partial charge in [0.2, 0.25) is 0 Å². The fourth-order valence-electron chi connectivity index (χ4n) is 4.50. The lowest BCUT2D eigenvalue weighted by molar-refractivity contribution is -0.156. The Balaban J connectivity index is 1.64. The highest BCUT2D eigenvalue weighted by atomic mass is 16.5. The monoisotopic (exact) mass is 449 g/mol. The van der Waals surface area contributed by atoms with Crippen LogP contribution in [0.15, 0.2) is 65.8 Å². The van der Waals surface area contributed by atoms with Crippen LogP contribution in [0.2, 0.25) is 0 Å². The number of ether oxygens (including phenoxy) is 1. The molecule has 0 aromatic heterocycles. The third-order valence-electron chi connectivity index (χ3n) is 6.71. The van der Waals surface area contributed by atoms with E-state index in [9.17, 15) is 4.79 Å². The van der Waals surface area contributed by atoms with E-state index in [2.05, 4.69) is 68.4 Å². The summed E-state index contributed by atoms with van der Waals surface area (Å²) >= 11 is 0. The molecule has 1 aromatic carbocycles. The number of hydrogen-bond donors (Lipinski definition) is 1. The number of hydrogen-bond acceptors (Lipinski definition) is 4. The number of esters is 1. The lowest BCUT2D eigenvalue weighted by Crippen LogP contribution is -2.38. The molecule has 0 bridgehead atoms. The highest BCUT2D eigenvalue weighted by Gasteiger charge is 2.38. The highest BCUT2D eigenvalue weighted by molar-refractivity contribution is 5.98. The third-order valence-corrected chi connectivity index (χ3v) is 6.71. The summed E-state index contributed by atoms with van der Waals surface area (Å²) in [6.07, 6.45) is 8.03. The van der Waals surface area contributed by atoms with E-state index in [0.717, 1.165) is 30.1 Å². The van der Waals surface area contributed by atoms with Crippen LogP contribution in [0.5, 0.6) is 0 Å². The number of nitrogens with zero attached hydrogens (tertiary/aromatic N) is 2. The standard InChI is InChI=1S/C28H39N3O2/c1-20(2)27(29-15-14-21(3)25-18-26(32)33-19-28(25,5)6)30-22(4)23-10-12-24(13-11-23)31-16-8-7-9-17-31/h10-15,22,25H,1,3,7-9,16-19H2,2,4-6H3,(H,29,30)/b15-14-. The van der Waals surface area contributed by atoms with Crippen molar-refractivity contribution in [2.75, 3.05) is 24.6 Å². The van der Waals surface area contributed by atoms with E-state index < -0.39 is 0 Å². The molecule has 1 aromatic rings. The summed E-state index contributed by atoms with van der Waals surface area (Å²) in [5.41, 5.74) is 4.11. The Morgan fingerprint density at radius 3 is 2.52 bits per heavy atom. The summed E-state index contributed by atoms with van der Waals surface area (Å²) in [5, 5.41) is 3.28. The van der Waals surface area contributed by atoms with Crippen molar-refractivity contribution in [2.24, 2.45) is 16.3 Å². The van der Waals surface area contributed by atoms with Gasteiger partial charge in [0.25, 0.3) is 0 Å². The zero-order chi connectivity index (χ0) is 24.0. The van der Waals surface area contributed by atoms with Crippen molar-refractivity contribution in [3.8, 4) is 0 Å². The SMILES string of the molecule is C=C(C)C(=NC(C)c1ccc(N2CCCCC2)cc1)N/C=C\C(=C)C1CC(=O)OCC1(C)C. The average molecular weight is 450 g/mol. The number of nitrogens with one attached hydrogen (secondary N) is 1. The molecule has 2 aliphatic heterocycles. The van der Waals surface area contributed by atoms with Crippen LogP contribution in [-0.2, 0) is 9.53 Å². The number of piperidine rings is 1. The Morgan fingerprint density at radius 1 is 1.21 bits per heavy atom. The van der Waals surface area contributed by atoms with E-state index in [1.165, 1.54) is 30.5 Å². The number of benzene rings is 1. The van der Waals surface area contributed by atoms with Crippen molar-refractivity contribution >= 4 is 17.5 Å². The minimum atomic E-state index is -0.161. The topological polar surface area (TPSA) is 53.9 Å². The van der Waals surface area contributed by atoms with Crippen LogP contribution in [0.4, 0.5) is 5.69 Å². The number of amidine groups is 1. The van der Waals surface area contributed by atoms with Crippen molar-refractivity contribution in [3.05, 3.63) is 66.4 Å². The van der Waals surface area contributed by atoms with Gasteiger partial charge in [-0.1, -0.05) is 39.1 Å². The van der Waals surface area contributed by atoms with Crippen LogP contribution in [0.1, 0.15) is 65.0 Å². The van der Waals surface area contributed by atoms with Crippen LogP contribution in [-0.4, -0.2) is 31.5 Å². The zero-order valence-electron chi connectivity index (χ0n) is 20.7. The number of rotatable bonds is 7. The number of anilines is 1. The molecule has 0 spiro atoms.